The highest BCUT2D eigenvalue weighted by Crippen LogP contribution is 1.72. The van der Waals surface area contributed by atoms with Crippen LogP contribution in [0.15, 0.2) is 25.1 Å². The molecule has 0 aromatic rings. The minimum absolute atomic E-state index is 0.921. The molecule has 0 saturated heterocycles. The third-order valence-electron chi connectivity index (χ3n) is 0.348. The lowest BCUT2D eigenvalue weighted by molar-refractivity contribution is 1.07. The average molecular weight is 113 g/mol. The Hall–Kier alpha value is -0.720. The van der Waals surface area contributed by atoms with Gasteiger partial charge in [0.1, 0.15) is 0 Å². The van der Waals surface area contributed by atoms with E-state index in [4.69, 9.17) is 0 Å². The molecule has 1 heteroatoms. The molecule has 0 saturated carbocycles. The standard InChI is InChI=1S/C5H9N.C2H6/c1-4-6-5(2)3;1-2/h4,6H,1-2H2,3H3;1-2H3. The van der Waals surface area contributed by atoms with Crippen molar-refractivity contribution in [1.29, 1.82) is 0 Å². The molecule has 0 atom stereocenters. The first-order valence-corrected chi connectivity index (χ1v) is 2.80. The maximum Gasteiger partial charge on any atom is 0.00418 e. The van der Waals surface area contributed by atoms with Crippen molar-refractivity contribution in [3.8, 4) is 0 Å². The van der Waals surface area contributed by atoms with E-state index >= 15 is 0 Å². The Kier molecular flexibility index (Phi) is 12.3. The first kappa shape index (κ1) is 10.3. The van der Waals surface area contributed by atoms with Gasteiger partial charge in [0.15, 0.2) is 0 Å². The molecule has 8 heavy (non-hydrogen) atoms. The quantitative estimate of drug-likeness (QED) is 0.579. The highest BCUT2D eigenvalue weighted by Gasteiger charge is 1.66. The fourth-order valence-corrected chi connectivity index (χ4v) is 0.174. The second kappa shape index (κ2) is 9.56. The Bertz CT molecular complexity index is 64.8. The minimum atomic E-state index is 0.921. The maximum atomic E-state index is 3.56. The summed E-state index contributed by atoms with van der Waals surface area (Å²) in [5.74, 6) is 0. The Morgan fingerprint density at radius 1 is 1.50 bits per heavy atom. The lowest BCUT2D eigenvalue weighted by atomic mass is 10.6. The SMILES string of the molecule is C=CNC(=C)C.CC. The Balaban J connectivity index is 0. The second-order valence-corrected chi connectivity index (χ2v) is 1.13. The van der Waals surface area contributed by atoms with Crippen LogP contribution >= 0.6 is 0 Å². The molecule has 0 aromatic heterocycles. The molecular weight excluding hydrogens is 98.1 g/mol. The molecule has 1 nitrogen and oxygen atoms in total. The van der Waals surface area contributed by atoms with E-state index in [0.29, 0.717) is 0 Å². The van der Waals surface area contributed by atoms with Crippen molar-refractivity contribution in [3.05, 3.63) is 25.1 Å². The molecule has 0 bridgehead atoms. The van der Waals surface area contributed by atoms with Gasteiger partial charge >= 0.3 is 0 Å². The minimum Gasteiger partial charge on any atom is -0.366 e. The highest BCUT2D eigenvalue weighted by molar-refractivity contribution is 4.88. The summed E-state index contributed by atoms with van der Waals surface area (Å²) in [6.07, 6.45) is 1.60. The van der Waals surface area contributed by atoms with Gasteiger partial charge in [0.05, 0.1) is 0 Å². The summed E-state index contributed by atoms with van der Waals surface area (Å²) in [6.45, 7) is 12.9. The summed E-state index contributed by atoms with van der Waals surface area (Å²) >= 11 is 0. The monoisotopic (exact) mass is 113 g/mol. The predicted molar refractivity (Wildman–Crippen MR) is 39.5 cm³/mol. The van der Waals surface area contributed by atoms with E-state index in [0.717, 1.165) is 5.70 Å². The van der Waals surface area contributed by atoms with E-state index in [1.807, 2.05) is 20.8 Å². The van der Waals surface area contributed by atoms with Gasteiger partial charge in [0.25, 0.3) is 0 Å². The van der Waals surface area contributed by atoms with Gasteiger partial charge in [-0.3, -0.25) is 0 Å². The average Bonchev–Trinajstić information content (AvgIpc) is 1.72. The maximum absolute atomic E-state index is 3.56. The molecule has 0 unspecified atom stereocenters. The second-order valence-electron chi connectivity index (χ2n) is 1.13. The van der Waals surface area contributed by atoms with Gasteiger partial charge in [-0.1, -0.05) is 27.0 Å². The summed E-state index contributed by atoms with van der Waals surface area (Å²) < 4.78 is 0. The third-order valence-corrected chi connectivity index (χ3v) is 0.348. The van der Waals surface area contributed by atoms with Gasteiger partial charge in [-0.15, -0.1) is 0 Å². The van der Waals surface area contributed by atoms with Crippen LogP contribution in [0.1, 0.15) is 20.8 Å². The van der Waals surface area contributed by atoms with Crippen LogP contribution in [0.25, 0.3) is 0 Å². The molecule has 0 radical (unpaired) electrons. The van der Waals surface area contributed by atoms with Crippen LogP contribution in [0.5, 0.6) is 0 Å². The summed E-state index contributed by atoms with van der Waals surface area (Å²) in [6, 6.07) is 0. The largest absolute Gasteiger partial charge is 0.366 e. The predicted octanol–water partition coefficient (Wildman–Crippen LogP) is 2.28. The van der Waals surface area contributed by atoms with Gasteiger partial charge in [-0.2, -0.15) is 0 Å². The van der Waals surface area contributed by atoms with E-state index in [2.05, 4.69) is 18.5 Å². The molecule has 0 aromatic carbocycles. The molecule has 48 valence electrons. The molecule has 0 aliphatic carbocycles. The Morgan fingerprint density at radius 3 is 1.88 bits per heavy atom. The first-order chi connectivity index (χ1) is 3.77. The molecule has 1 N–H and O–H groups in total. The smallest absolute Gasteiger partial charge is 0.00418 e. The first-order valence-electron chi connectivity index (χ1n) is 2.80. The van der Waals surface area contributed by atoms with Crippen molar-refractivity contribution in [2.45, 2.75) is 20.8 Å². The van der Waals surface area contributed by atoms with Crippen molar-refractivity contribution in [2.24, 2.45) is 0 Å². The van der Waals surface area contributed by atoms with E-state index in [-0.39, 0.29) is 0 Å². The normalized spacial score (nSPS) is 5.88. The van der Waals surface area contributed by atoms with E-state index < -0.39 is 0 Å². The molecule has 0 rings (SSSR count). The van der Waals surface area contributed by atoms with Crippen LogP contribution in [0.4, 0.5) is 0 Å². The van der Waals surface area contributed by atoms with E-state index in [1.54, 1.807) is 6.20 Å². The zero-order valence-corrected chi connectivity index (χ0v) is 5.99. The Morgan fingerprint density at radius 2 is 1.88 bits per heavy atom. The topological polar surface area (TPSA) is 12.0 Å². The number of allylic oxidation sites excluding steroid dienone is 1. The lowest BCUT2D eigenvalue weighted by Crippen LogP contribution is -1.96. The summed E-state index contributed by atoms with van der Waals surface area (Å²) in [4.78, 5) is 0. The van der Waals surface area contributed by atoms with E-state index in [1.165, 1.54) is 0 Å². The Labute approximate surface area is 52.1 Å². The van der Waals surface area contributed by atoms with Crippen LogP contribution in [-0.4, -0.2) is 0 Å². The summed E-state index contributed by atoms with van der Waals surface area (Å²) in [5, 5.41) is 2.78. The van der Waals surface area contributed by atoms with Crippen LogP contribution in [0.3, 0.4) is 0 Å². The number of hydrogen-bond donors (Lipinski definition) is 1. The molecule has 0 aliphatic rings. The van der Waals surface area contributed by atoms with Gasteiger partial charge in [0.2, 0.25) is 0 Å². The third kappa shape index (κ3) is 18.6. The number of nitrogens with one attached hydrogen (secondary N) is 1. The number of hydrogen-bond acceptors (Lipinski definition) is 1. The van der Waals surface area contributed by atoms with Crippen molar-refractivity contribution < 1.29 is 0 Å². The van der Waals surface area contributed by atoms with Crippen LogP contribution in [0.2, 0.25) is 0 Å². The van der Waals surface area contributed by atoms with Gasteiger partial charge < -0.3 is 5.32 Å². The molecule has 0 heterocycles. The molecule has 0 spiro atoms. The molecular formula is C7H15N. The lowest BCUT2D eigenvalue weighted by Gasteiger charge is -1.90. The number of rotatable bonds is 2. The van der Waals surface area contributed by atoms with Crippen molar-refractivity contribution in [1.82, 2.24) is 5.32 Å². The molecule has 0 fully saturated rings. The van der Waals surface area contributed by atoms with E-state index in [9.17, 15) is 0 Å². The van der Waals surface area contributed by atoms with Crippen LogP contribution in [-0.2, 0) is 0 Å². The fraction of sp³-hybridized carbons (Fsp3) is 0.429. The van der Waals surface area contributed by atoms with Crippen LogP contribution < -0.4 is 5.32 Å². The van der Waals surface area contributed by atoms with Crippen molar-refractivity contribution in [2.75, 3.05) is 0 Å². The fourth-order valence-electron chi connectivity index (χ4n) is 0.174. The van der Waals surface area contributed by atoms with Gasteiger partial charge in [-0.25, -0.2) is 0 Å². The highest BCUT2D eigenvalue weighted by atomic mass is 14.8. The van der Waals surface area contributed by atoms with Gasteiger partial charge in [-0.05, 0) is 13.1 Å². The summed E-state index contributed by atoms with van der Waals surface area (Å²) in [7, 11) is 0. The zero-order valence-electron chi connectivity index (χ0n) is 5.99. The van der Waals surface area contributed by atoms with Gasteiger partial charge in [0, 0.05) is 5.70 Å². The molecule has 0 amide bonds. The van der Waals surface area contributed by atoms with Crippen molar-refractivity contribution >= 4 is 0 Å². The summed E-state index contributed by atoms with van der Waals surface area (Å²) in [5.41, 5.74) is 0.921. The van der Waals surface area contributed by atoms with Crippen LogP contribution in [0, 0.1) is 0 Å². The van der Waals surface area contributed by atoms with Crippen molar-refractivity contribution in [3.63, 3.8) is 0 Å². The zero-order chi connectivity index (χ0) is 6.99. The molecule has 0 aliphatic heterocycles.